The highest BCUT2D eigenvalue weighted by atomic mass is 16.6. The Morgan fingerprint density at radius 1 is 0.793 bits per heavy atom. The smallest absolute Gasteiger partial charge is 0.363 e. The number of carbonyl (C=O) groups excluding carboxylic acids is 1. The highest BCUT2D eigenvalue weighted by Gasteiger charge is 2.27. The molecule has 0 aromatic heterocycles. The zero-order valence-corrected chi connectivity index (χ0v) is 16.8. The Balaban J connectivity index is 2.06. The first-order valence-corrected chi connectivity index (χ1v) is 8.59. The van der Waals surface area contributed by atoms with Crippen LogP contribution in [0, 0.1) is 0 Å². The van der Waals surface area contributed by atoms with Crippen molar-refractivity contribution in [2.45, 2.75) is 0 Å². The van der Waals surface area contributed by atoms with Gasteiger partial charge in [-0.3, -0.25) is 0 Å². The maximum Gasteiger partial charge on any atom is 0.363 e. The lowest BCUT2D eigenvalue weighted by molar-refractivity contribution is -0.129. The van der Waals surface area contributed by atoms with Crippen LogP contribution in [0.3, 0.4) is 0 Å². The van der Waals surface area contributed by atoms with E-state index in [2.05, 4.69) is 4.99 Å². The highest BCUT2D eigenvalue weighted by Crippen LogP contribution is 2.36. The first-order valence-electron chi connectivity index (χ1n) is 8.59. The maximum atomic E-state index is 12.4. The van der Waals surface area contributed by atoms with Crippen molar-refractivity contribution in [3.8, 4) is 28.7 Å². The number of rotatable bonds is 7. The van der Waals surface area contributed by atoms with Gasteiger partial charge in [0.05, 0.1) is 41.1 Å². The summed E-state index contributed by atoms with van der Waals surface area (Å²) < 4.78 is 31.9. The SMILES string of the molecule is COc1ccc(OC)c(C2=N/C(=C\c3cc(OC)c(OC)cc3OC)C(=O)O2)c1. The Hall–Kier alpha value is -3.68. The van der Waals surface area contributed by atoms with Crippen molar-refractivity contribution in [1.82, 2.24) is 0 Å². The van der Waals surface area contributed by atoms with E-state index in [1.165, 1.54) is 28.4 Å². The normalized spacial score (nSPS) is 14.3. The second-order valence-electron chi connectivity index (χ2n) is 5.85. The third kappa shape index (κ3) is 3.96. The topological polar surface area (TPSA) is 84.8 Å². The van der Waals surface area contributed by atoms with Crippen LogP contribution in [0.5, 0.6) is 28.7 Å². The quantitative estimate of drug-likeness (QED) is 0.522. The first-order chi connectivity index (χ1) is 14.0. The number of nitrogens with zero attached hydrogens (tertiary/aromatic N) is 1. The molecule has 8 nitrogen and oxygen atoms in total. The largest absolute Gasteiger partial charge is 0.497 e. The lowest BCUT2D eigenvalue weighted by atomic mass is 10.1. The zero-order valence-electron chi connectivity index (χ0n) is 16.8. The molecule has 0 saturated carbocycles. The van der Waals surface area contributed by atoms with Crippen LogP contribution in [-0.4, -0.2) is 47.4 Å². The zero-order chi connectivity index (χ0) is 21.0. The van der Waals surface area contributed by atoms with Crippen molar-refractivity contribution in [3.05, 3.63) is 47.2 Å². The summed E-state index contributed by atoms with van der Waals surface area (Å²) >= 11 is 0. The van der Waals surface area contributed by atoms with Crippen LogP contribution in [0.15, 0.2) is 41.0 Å². The number of aliphatic imine (C=N–C) groups is 1. The van der Waals surface area contributed by atoms with E-state index in [0.717, 1.165) is 0 Å². The summed E-state index contributed by atoms with van der Waals surface area (Å²) in [5.41, 5.74) is 1.19. The average Bonchev–Trinajstić information content (AvgIpc) is 3.12. The fourth-order valence-electron chi connectivity index (χ4n) is 2.82. The molecule has 2 aromatic carbocycles. The highest BCUT2D eigenvalue weighted by molar-refractivity contribution is 6.14. The van der Waals surface area contributed by atoms with Crippen molar-refractivity contribution in [2.24, 2.45) is 4.99 Å². The maximum absolute atomic E-state index is 12.4. The number of hydrogen-bond donors (Lipinski definition) is 0. The van der Waals surface area contributed by atoms with Gasteiger partial charge < -0.3 is 28.4 Å². The van der Waals surface area contributed by atoms with Gasteiger partial charge >= 0.3 is 5.97 Å². The minimum Gasteiger partial charge on any atom is -0.497 e. The van der Waals surface area contributed by atoms with E-state index >= 15 is 0 Å². The van der Waals surface area contributed by atoms with Crippen molar-refractivity contribution < 1.29 is 33.2 Å². The Labute approximate surface area is 168 Å². The molecule has 0 bridgehead atoms. The molecule has 0 fully saturated rings. The molecular weight excluding hydrogens is 378 g/mol. The van der Waals surface area contributed by atoms with Gasteiger partial charge in [0.15, 0.2) is 17.2 Å². The molecule has 0 saturated heterocycles. The molecule has 29 heavy (non-hydrogen) atoms. The summed E-state index contributed by atoms with van der Waals surface area (Å²) in [6.45, 7) is 0. The number of cyclic esters (lactones) is 1. The molecule has 1 heterocycles. The summed E-state index contributed by atoms with van der Waals surface area (Å²) in [6, 6.07) is 8.50. The molecule has 152 valence electrons. The van der Waals surface area contributed by atoms with Crippen LogP contribution in [0.2, 0.25) is 0 Å². The second kappa shape index (κ2) is 8.55. The van der Waals surface area contributed by atoms with Gasteiger partial charge in [0.1, 0.15) is 17.2 Å². The molecule has 2 aromatic rings. The monoisotopic (exact) mass is 399 g/mol. The van der Waals surface area contributed by atoms with E-state index in [9.17, 15) is 4.79 Å². The minimum atomic E-state index is -0.596. The summed E-state index contributed by atoms with van der Waals surface area (Å²) in [6.07, 6.45) is 1.56. The number of esters is 1. The van der Waals surface area contributed by atoms with E-state index in [1.54, 1.807) is 43.5 Å². The van der Waals surface area contributed by atoms with Gasteiger partial charge in [-0.05, 0) is 30.3 Å². The molecule has 1 aliphatic rings. The van der Waals surface area contributed by atoms with Crippen molar-refractivity contribution in [2.75, 3.05) is 35.5 Å². The van der Waals surface area contributed by atoms with Gasteiger partial charge in [-0.2, -0.15) is 0 Å². The number of ether oxygens (including phenoxy) is 6. The standard InChI is InChI=1S/C21H21NO7/c1-24-13-6-7-16(25-2)14(10-13)20-22-15(21(23)29-20)8-12-9-18(27-4)19(28-5)11-17(12)26-3/h6-11H,1-5H3/b15-8-. The van der Waals surface area contributed by atoms with E-state index in [1.807, 2.05) is 0 Å². The van der Waals surface area contributed by atoms with E-state index < -0.39 is 5.97 Å². The minimum absolute atomic E-state index is 0.107. The molecule has 1 aliphatic heterocycles. The van der Waals surface area contributed by atoms with Crippen molar-refractivity contribution in [3.63, 3.8) is 0 Å². The average molecular weight is 399 g/mol. The van der Waals surface area contributed by atoms with E-state index in [0.29, 0.717) is 39.9 Å². The van der Waals surface area contributed by atoms with E-state index in [-0.39, 0.29) is 11.6 Å². The summed E-state index contributed by atoms with van der Waals surface area (Å²) in [7, 11) is 7.64. The summed E-state index contributed by atoms with van der Waals surface area (Å²) in [4.78, 5) is 16.8. The molecule has 0 aliphatic carbocycles. The summed E-state index contributed by atoms with van der Waals surface area (Å²) in [5, 5.41) is 0. The molecule has 8 heteroatoms. The Kier molecular flexibility index (Phi) is 5.92. The predicted octanol–water partition coefficient (Wildman–Crippen LogP) is 3.07. The molecule has 0 atom stereocenters. The van der Waals surface area contributed by atoms with Crippen LogP contribution >= 0.6 is 0 Å². The van der Waals surface area contributed by atoms with Gasteiger partial charge in [0.25, 0.3) is 0 Å². The van der Waals surface area contributed by atoms with E-state index in [4.69, 9.17) is 28.4 Å². The van der Waals surface area contributed by atoms with Gasteiger partial charge in [0, 0.05) is 11.6 Å². The Morgan fingerprint density at radius 2 is 1.45 bits per heavy atom. The number of methoxy groups -OCH3 is 5. The molecule has 3 rings (SSSR count). The van der Waals surface area contributed by atoms with Gasteiger partial charge in [-0.25, -0.2) is 9.79 Å². The van der Waals surface area contributed by atoms with Gasteiger partial charge in [-0.1, -0.05) is 0 Å². The molecule has 0 N–H and O–H groups in total. The third-order valence-electron chi connectivity index (χ3n) is 4.29. The van der Waals surface area contributed by atoms with Crippen molar-refractivity contribution >= 4 is 17.9 Å². The molecule has 0 amide bonds. The molecule has 0 spiro atoms. The number of hydrogen-bond acceptors (Lipinski definition) is 8. The lowest BCUT2D eigenvalue weighted by Gasteiger charge is -2.12. The van der Waals surface area contributed by atoms with Gasteiger partial charge in [0.2, 0.25) is 5.90 Å². The summed E-state index contributed by atoms with van der Waals surface area (Å²) in [5.74, 6) is 2.10. The molecule has 0 radical (unpaired) electrons. The second-order valence-corrected chi connectivity index (χ2v) is 5.85. The fourth-order valence-corrected chi connectivity index (χ4v) is 2.82. The van der Waals surface area contributed by atoms with Crippen LogP contribution in [-0.2, 0) is 9.53 Å². The van der Waals surface area contributed by atoms with Crippen LogP contribution in [0.4, 0.5) is 0 Å². The first kappa shape index (κ1) is 20.1. The fraction of sp³-hybridized carbons (Fsp3) is 0.238. The van der Waals surface area contributed by atoms with Crippen LogP contribution < -0.4 is 23.7 Å². The number of benzene rings is 2. The Morgan fingerprint density at radius 3 is 2.07 bits per heavy atom. The van der Waals surface area contributed by atoms with Crippen molar-refractivity contribution in [1.29, 1.82) is 0 Å². The molecule has 0 unspecified atom stereocenters. The van der Waals surface area contributed by atoms with Gasteiger partial charge in [-0.15, -0.1) is 0 Å². The van der Waals surface area contributed by atoms with Crippen LogP contribution in [0.1, 0.15) is 11.1 Å². The Bertz CT molecular complexity index is 995. The lowest BCUT2D eigenvalue weighted by Crippen LogP contribution is -2.07. The van der Waals surface area contributed by atoms with Crippen LogP contribution in [0.25, 0.3) is 6.08 Å². The third-order valence-corrected chi connectivity index (χ3v) is 4.29. The molecular formula is C21H21NO7. The number of carbonyl (C=O) groups is 1. The predicted molar refractivity (Wildman–Crippen MR) is 106 cm³/mol.